The van der Waals surface area contributed by atoms with E-state index in [2.05, 4.69) is 15.7 Å². The van der Waals surface area contributed by atoms with Gasteiger partial charge < -0.3 is 10.6 Å². The van der Waals surface area contributed by atoms with Crippen molar-refractivity contribution in [3.05, 3.63) is 78.1 Å². The minimum Gasteiger partial charge on any atom is -0.334 e. The lowest BCUT2D eigenvalue weighted by Gasteiger charge is -2.07. The summed E-state index contributed by atoms with van der Waals surface area (Å²) in [6, 6.07) is 11.9. The van der Waals surface area contributed by atoms with Crippen molar-refractivity contribution < 1.29 is 13.6 Å². The number of rotatable bonds is 4. The SMILES string of the molecule is O=C(NCc1cnn(-c2ccccc2)c1)Nc1ccc(F)cc1F. The molecule has 5 nitrogen and oxygen atoms in total. The quantitative estimate of drug-likeness (QED) is 0.770. The van der Waals surface area contributed by atoms with Crippen molar-refractivity contribution in [2.45, 2.75) is 6.54 Å². The second-order valence-electron chi connectivity index (χ2n) is 5.06. The van der Waals surface area contributed by atoms with Gasteiger partial charge in [0.2, 0.25) is 0 Å². The molecule has 0 unspecified atom stereocenters. The van der Waals surface area contributed by atoms with Crippen LogP contribution in [0.4, 0.5) is 19.3 Å². The van der Waals surface area contributed by atoms with E-state index in [9.17, 15) is 13.6 Å². The fourth-order valence-corrected chi connectivity index (χ4v) is 2.11. The van der Waals surface area contributed by atoms with E-state index in [-0.39, 0.29) is 12.2 Å². The molecule has 0 aliphatic heterocycles. The van der Waals surface area contributed by atoms with Crippen molar-refractivity contribution in [3.8, 4) is 5.69 Å². The van der Waals surface area contributed by atoms with Crippen LogP contribution in [0.5, 0.6) is 0 Å². The van der Waals surface area contributed by atoms with Gasteiger partial charge >= 0.3 is 6.03 Å². The highest BCUT2D eigenvalue weighted by molar-refractivity contribution is 5.89. The molecule has 7 heteroatoms. The van der Waals surface area contributed by atoms with E-state index < -0.39 is 17.7 Å². The van der Waals surface area contributed by atoms with Gasteiger partial charge in [-0.3, -0.25) is 0 Å². The fourth-order valence-electron chi connectivity index (χ4n) is 2.11. The number of para-hydroxylation sites is 1. The van der Waals surface area contributed by atoms with Crippen molar-refractivity contribution in [3.63, 3.8) is 0 Å². The van der Waals surface area contributed by atoms with E-state index >= 15 is 0 Å². The Kier molecular flexibility index (Phi) is 4.51. The van der Waals surface area contributed by atoms with E-state index in [0.29, 0.717) is 6.07 Å². The highest BCUT2D eigenvalue weighted by Gasteiger charge is 2.08. The molecule has 3 aromatic rings. The maximum atomic E-state index is 13.5. The minimum absolute atomic E-state index is 0.0890. The molecule has 122 valence electrons. The lowest BCUT2D eigenvalue weighted by molar-refractivity contribution is 0.251. The number of aromatic nitrogens is 2. The molecule has 2 amide bonds. The Morgan fingerprint density at radius 3 is 2.67 bits per heavy atom. The molecule has 1 aromatic heterocycles. The van der Waals surface area contributed by atoms with Gasteiger partial charge in [0.05, 0.1) is 17.6 Å². The highest BCUT2D eigenvalue weighted by atomic mass is 19.1. The number of halogens is 2. The van der Waals surface area contributed by atoms with Gasteiger partial charge in [0, 0.05) is 24.4 Å². The van der Waals surface area contributed by atoms with Crippen LogP contribution in [0, 0.1) is 11.6 Å². The van der Waals surface area contributed by atoms with E-state index in [1.807, 2.05) is 30.3 Å². The molecule has 0 aliphatic carbocycles. The van der Waals surface area contributed by atoms with Crippen LogP contribution in [0.1, 0.15) is 5.56 Å². The average Bonchev–Trinajstić information content (AvgIpc) is 3.05. The van der Waals surface area contributed by atoms with Gasteiger partial charge in [0.1, 0.15) is 11.6 Å². The summed E-state index contributed by atoms with van der Waals surface area (Å²) in [7, 11) is 0. The van der Waals surface area contributed by atoms with Crippen molar-refractivity contribution in [2.75, 3.05) is 5.32 Å². The largest absolute Gasteiger partial charge is 0.334 e. The molecule has 0 spiro atoms. The normalized spacial score (nSPS) is 10.4. The summed E-state index contributed by atoms with van der Waals surface area (Å²) < 4.78 is 28.0. The maximum Gasteiger partial charge on any atom is 0.319 e. The molecule has 0 fully saturated rings. The predicted molar refractivity (Wildman–Crippen MR) is 85.8 cm³/mol. The summed E-state index contributed by atoms with van der Waals surface area (Å²) >= 11 is 0. The molecule has 0 saturated carbocycles. The molecule has 24 heavy (non-hydrogen) atoms. The zero-order valence-corrected chi connectivity index (χ0v) is 12.5. The number of urea groups is 1. The zero-order chi connectivity index (χ0) is 16.9. The first-order valence-electron chi connectivity index (χ1n) is 7.21. The van der Waals surface area contributed by atoms with Crippen LogP contribution in [-0.4, -0.2) is 15.8 Å². The third kappa shape index (κ3) is 3.75. The van der Waals surface area contributed by atoms with Gasteiger partial charge in [-0.15, -0.1) is 0 Å². The topological polar surface area (TPSA) is 59.0 Å². The third-order valence-corrected chi connectivity index (χ3v) is 3.29. The minimum atomic E-state index is -0.831. The Balaban J connectivity index is 1.58. The van der Waals surface area contributed by atoms with Gasteiger partial charge in [0.15, 0.2) is 0 Å². The van der Waals surface area contributed by atoms with Crippen LogP contribution in [-0.2, 0) is 6.54 Å². The smallest absolute Gasteiger partial charge is 0.319 e. The molecule has 2 N–H and O–H groups in total. The second-order valence-corrected chi connectivity index (χ2v) is 5.06. The van der Waals surface area contributed by atoms with Gasteiger partial charge in [-0.25, -0.2) is 18.3 Å². The average molecular weight is 328 g/mol. The summed E-state index contributed by atoms with van der Waals surface area (Å²) in [6.07, 6.45) is 3.42. The second kappa shape index (κ2) is 6.91. The van der Waals surface area contributed by atoms with Gasteiger partial charge in [0.25, 0.3) is 0 Å². The van der Waals surface area contributed by atoms with Crippen molar-refractivity contribution in [1.29, 1.82) is 0 Å². The third-order valence-electron chi connectivity index (χ3n) is 3.29. The summed E-state index contributed by atoms with van der Waals surface area (Å²) in [6.45, 7) is 0.224. The number of carbonyl (C=O) groups excluding carboxylic acids is 1. The number of anilines is 1. The monoisotopic (exact) mass is 328 g/mol. The molecular weight excluding hydrogens is 314 g/mol. The van der Waals surface area contributed by atoms with E-state index in [0.717, 1.165) is 23.4 Å². The molecule has 0 radical (unpaired) electrons. The van der Waals surface area contributed by atoms with Gasteiger partial charge in [-0.05, 0) is 24.3 Å². The molecule has 1 heterocycles. The first kappa shape index (κ1) is 15.7. The van der Waals surface area contributed by atoms with Crippen LogP contribution in [0.2, 0.25) is 0 Å². The number of nitrogens with one attached hydrogen (secondary N) is 2. The molecule has 0 saturated heterocycles. The lowest BCUT2D eigenvalue weighted by atomic mass is 10.3. The van der Waals surface area contributed by atoms with Gasteiger partial charge in [-0.1, -0.05) is 18.2 Å². The number of hydrogen-bond donors (Lipinski definition) is 2. The molecule has 0 bridgehead atoms. The number of nitrogens with zero attached hydrogens (tertiary/aromatic N) is 2. The summed E-state index contributed by atoms with van der Waals surface area (Å²) in [5, 5.41) is 9.13. The number of carbonyl (C=O) groups is 1. The summed E-state index contributed by atoms with van der Waals surface area (Å²) in [4.78, 5) is 11.8. The Labute approximate surface area is 136 Å². The Morgan fingerprint density at radius 1 is 1.12 bits per heavy atom. The maximum absolute atomic E-state index is 13.5. The van der Waals surface area contributed by atoms with Gasteiger partial charge in [-0.2, -0.15) is 5.10 Å². The first-order chi connectivity index (χ1) is 11.6. The predicted octanol–water partition coefficient (Wildman–Crippen LogP) is 3.47. The Morgan fingerprint density at radius 2 is 1.92 bits per heavy atom. The van der Waals surface area contributed by atoms with Crippen LogP contribution in [0.15, 0.2) is 60.9 Å². The van der Waals surface area contributed by atoms with Crippen LogP contribution in [0.25, 0.3) is 5.69 Å². The Bertz CT molecular complexity index is 849. The zero-order valence-electron chi connectivity index (χ0n) is 12.5. The molecule has 2 aromatic carbocycles. The van der Waals surface area contributed by atoms with Crippen LogP contribution < -0.4 is 10.6 Å². The van der Waals surface area contributed by atoms with E-state index in [1.165, 1.54) is 0 Å². The van der Waals surface area contributed by atoms with Crippen LogP contribution in [0.3, 0.4) is 0 Å². The summed E-state index contributed by atoms with van der Waals surface area (Å²) in [5.74, 6) is -1.53. The summed E-state index contributed by atoms with van der Waals surface area (Å²) in [5.41, 5.74) is 1.60. The van der Waals surface area contributed by atoms with Crippen LogP contribution >= 0.6 is 0 Å². The van der Waals surface area contributed by atoms with E-state index in [4.69, 9.17) is 0 Å². The number of amides is 2. The molecule has 0 aliphatic rings. The Hall–Kier alpha value is -3.22. The van der Waals surface area contributed by atoms with E-state index in [1.54, 1.807) is 17.1 Å². The molecule has 3 rings (SSSR count). The number of hydrogen-bond acceptors (Lipinski definition) is 2. The highest BCUT2D eigenvalue weighted by Crippen LogP contribution is 2.14. The first-order valence-corrected chi connectivity index (χ1v) is 7.21. The molecular formula is C17H14F2N4O. The number of benzene rings is 2. The van der Waals surface area contributed by atoms with Crippen molar-refractivity contribution in [1.82, 2.24) is 15.1 Å². The lowest BCUT2D eigenvalue weighted by Crippen LogP contribution is -2.28. The molecule has 0 atom stereocenters. The van der Waals surface area contributed by atoms with Crippen molar-refractivity contribution in [2.24, 2.45) is 0 Å². The van der Waals surface area contributed by atoms with Crippen molar-refractivity contribution >= 4 is 11.7 Å². The standard InChI is InChI=1S/C17H14F2N4O/c18-13-6-7-16(15(19)8-13)22-17(24)20-9-12-10-21-23(11-12)14-4-2-1-3-5-14/h1-8,10-11H,9H2,(H2,20,22,24). The fraction of sp³-hybridized carbons (Fsp3) is 0.0588.